The van der Waals surface area contributed by atoms with Crippen LogP contribution < -0.4 is 16.6 Å². The minimum Gasteiger partial charge on any atom is -0.318 e. The summed E-state index contributed by atoms with van der Waals surface area (Å²) in [6.45, 7) is 0. The molecule has 1 amide bonds. The predicted octanol–water partition coefficient (Wildman–Crippen LogP) is 0.318. The highest BCUT2D eigenvalue weighted by Crippen LogP contribution is 2.28. The number of carbonyl (C=O) groups is 1. The molecule has 2 aromatic rings. The molecule has 0 atom stereocenters. The molecule has 1 aromatic carbocycles. The standard InChI is InChI=1S/C10H9N7O3/c11-15-7-3-1-2-6(8(7)17(19)20)9(18)14-10-12-4-5-13-16-10/h1-5,15H,11H2,(H,12,14,16,18). The quantitative estimate of drug-likeness (QED) is 0.410. The molecule has 2 rings (SSSR count). The zero-order valence-electron chi connectivity index (χ0n) is 9.98. The van der Waals surface area contributed by atoms with Gasteiger partial charge in [0.15, 0.2) is 0 Å². The van der Waals surface area contributed by atoms with Crippen molar-refractivity contribution in [3.63, 3.8) is 0 Å². The number of para-hydroxylation sites is 1. The number of rotatable bonds is 4. The lowest BCUT2D eigenvalue weighted by Gasteiger charge is -2.07. The van der Waals surface area contributed by atoms with Crippen LogP contribution in [0.15, 0.2) is 30.6 Å². The largest absolute Gasteiger partial charge is 0.318 e. The Morgan fingerprint density at radius 3 is 2.75 bits per heavy atom. The fourth-order valence-electron chi connectivity index (χ4n) is 1.51. The number of nitrogens with two attached hydrogens (primary N) is 1. The number of carbonyl (C=O) groups excluding carboxylic acids is 1. The molecular formula is C10H9N7O3. The minimum atomic E-state index is -0.734. The van der Waals surface area contributed by atoms with Crippen LogP contribution in [0.2, 0.25) is 0 Å². The number of aromatic nitrogens is 3. The van der Waals surface area contributed by atoms with Crippen LogP contribution in [0.4, 0.5) is 17.3 Å². The lowest BCUT2D eigenvalue weighted by molar-refractivity contribution is -0.384. The van der Waals surface area contributed by atoms with E-state index >= 15 is 0 Å². The van der Waals surface area contributed by atoms with Gasteiger partial charge in [0.2, 0.25) is 5.95 Å². The molecule has 0 radical (unpaired) electrons. The zero-order chi connectivity index (χ0) is 14.5. The Morgan fingerprint density at radius 1 is 1.35 bits per heavy atom. The number of anilines is 2. The van der Waals surface area contributed by atoms with Gasteiger partial charge in [0.05, 0.1) is 17.3 Å². The van der Waals surface area contributed by atoms with Crippen molar-refractivity contribution in [2.45, 2.75) is 0 Å². The molecule has 102 valence electrons. The fourth-order valence-corrected chi connectivity index (χ4v) is 1.51. The van der Waals surface area contributed by atoms with Crippen molar-refractivity contribution in [3.05, 3.63) is 46.3 Å². The van der Waals surface area contributed by atoms with Gasteiger partial charge in [0.25, 0.3) is 5.91 Å². The van der Waals surface area contributed by atoms with Crippen LogP contribution in [-0.2, 0) is 0 Å². The number of nitrogens with one attached hydrogen (secondary N) is 2. The van der Waals surface area contributed by atoms with Gasteiger partial charge in [-0.3, -0.25) is 26.1 Å². The summed E-state index contributed by atoms with van der Waals surface area (Å²) in [5.41, 5.74) is 1.59. The van der Waals surface area contributed by atoms with Gasteiger partial charge in [0.1, 0.15) is 11.3 Å². The van der Waals surface area contributed by atoms with Crippen LogP contribution >= 0.6 is 0 Å². The van der Waals surface area contributed by atoms with Crippen LogP contribution in [0.3, 0.4) is 0 Å². The van der Waals surface area contributed by atoms with E-state index in [-0.39, 0.29) is 17.2 Å². The van der Waals surface area contributed by atoms with E-state index in [2.05, 4.69) is 25.9 Å². The Kier molecular flexibility index (Phi) is 3.77. The number of amides is 1. The van der Waals surface area contributed by atoms with E-state index < -0.39 is 16.5 Å². The molecule has 10 heteroatoms. The highest BCUT2D eigenvalue weighted by molar-refractivity contribution is 6.07. The maximum absolute atomic E-state index is 12.0. The number of hydrogen-bond acceptors (Lipinski definition) is 8. The zero-order valence-corrected chi connectivity index (χ0v) is 9.98. The van der Waals surface area contributed by atoms with Gasteiger partial charge < -0.3 is 5.43 Å². The molecule has 20 heavy (non-hydrogen) atoms. The summed E-state index contributed by atoms with van der Waals surface area (Å²) < 4.78 is 0. The summed E-state index contributed by atoms with van der Waals surface area (Å²) in [7, 11) is 0. The lowest BCUT2D eigenvalue weighted by atomic mass is 10.1. The fraction of sp³-hybridized carbons (Fsp3) is 0. The maximum Gasteiger partial charge on any atom is 0.306 e. The molecule has 10 nitrogen and oxygen atoms in total. The Hall–Kier alpha value is -3.14. The Bertz CT molecular complexity index is 647. The van der Waals surface area contributed by atoms with Crippen LogP contribution in [0.5, 0.6) is 0 Å². The molecule has 0 aliphatic carbocycles. The van der Waals surface area contributed by atoms with E-state index in [1.165, 1.54) is 30.6 Å². The Balaban J connectivity index is 2.37. The number of nitro benzene ring substituents is 1. The molecule has 0 saturated carbocycles. The molecule has 0 bridgehead atoms. The van der Waals surface area contributed by atoms with Crippen molar-refractivity contribution in [2.75, 3.05) is 10.7 Å². The first-order chi connectivity index (χ1) is 9.63. The summed E-state index contributed by atoms with van der Waals surface area (Å²) in [5, 5.41) is 20.4. The summed E-state index contributed by atoms with van der Waals surface area (Å²) in [6.07, 6.45) is 2.66. The maximum atomic E-state index is 12.0. The number of benzene rings is 1. The van der Waals surface area contributed by atoms with Gasteiger partial charge in [-0.25, -0.2) is 4.98 Å². The van der Waals surface area contributed by atoms with E-state index in [4.69, 9.17) is 5.84 Å². The van der Waals surface area contributed by atoms with E-state index in [0.717, 1.165) is 0 Å². The van der Waals surface area contributed by atoms with Gasteiger partial charge in [-0.05, 0) is 12.1 Å². The molecule has 4 N–H and O–H groups in total. The average molecular weight is 275 g/mol. The first-order valence-corrected chi connectivity index (χ1v) is 5.32. The first kappa shape index (κ1) is 13.3. The van der Waals surface area contributed by atoms with Crippen molar-refractivity contribution in [1.82, 2.24) is 15.2 Å². The predicted molar refractivity (Wildman–Crippen MR) is 68.7 cm³/mol. The van der Waals surface area contributed by atoms with Crippen molar-refractivity contribution >= 4 is 23.2 Å². The topological polar surface area (TPSA) is 149 Å². The van der Waals surface area contributed by atoms with Gasteiger partial charge in [-0.2, -0.15) is 5.10 Å². The third kappa shape index (κ3) is 2.64. The molecule has 0 unspecified atom stereocenters. The number of nitrogen functional groups attached to an aromatic ring is 1. The van der Waals surface area contributed by atoms with Crippen LogP contribution in [0, 0.1) is 10.1 Å². The molecule has 1 aromatic heterocycles. The first-order valence-electron chi connectivity index (χ1n) is 5.32. The van der Waals surface area contributed by atoms with Crippen molar-refractivity contribution in [2.24, 2.45) is 5.84 Å². The summed E-state index contributed by atoms with van der Waals surface area (Å²) in [4.78, 5) is 26.1. The van der Waals surface area contributed by atoms with Crippen molar-refractivity contribution in [3.8, 4) is 0 Å². The molecule has 0 aliphatic heterocycles. The second-order valence-corrected chi connectivity index (χ2v) is 3.52. The molecule has 1 heterocycles. The third-order valence-corrected chi connectivity index (χ3v) is 2.33. The van der Waals surface area contributed by atoms with Crippen molar-refractivity contribution in [1.29, 1.82) is 0 Å². The van der Waals surface area contributed by atoms with E-state index in [0.29, 0.717) is 0 Å². The van der Waals surface area contributed by atoms with E-state index in [9.17, 15) is 14.9 Å². The number of hydrazine groups is 1. The van der Waals surface area contributed by atoms with Gasteiger partial charge in [-0.15, -0.1) is 5.10 Å². The normalized spacial score (nSPS) is 9.85. The lowest BCUT2D eigenvalue weighted by Crippen LogP contribution is -2.18. The minimum absolute atomic E-state index is 0.0229. The number of hydrogen-bond donors (Lipinski definition) is 3. The van der Waals surface area contributed by atoms with E-state index in [1.54, 1.807) is 0 Å². The second kappa shape index (κ2) is 5.67. The Labute approximate surface area is 112 Å². The van der Waals surface area contributed by atoms with Crippen LogP contribution in [0.1, 0.15) is 10.4 Å². The van der Waals surface area contributed by atoms with E-state index in [1.807, 2.05) is 0 Å². The highest BCUT2D eigenvalue weighted by atomic mass is 16.6. The SMILES string of the molecule is NNc1cccc(C(=O)Nc2nccnn2)c1[N+](=O)[O-]. The number of nitro groups is 1. The van der Waals surface area contributed by atoms with Gasteiger partial charge in [0, 0.05) is 0 Å². The summed E-state index contributed by atoms with van der Waals surface area (Å²) in [5.74, 6) is 4.40. The Morgan fingerprint density at radius 2 is 2.15 bits per heavy atom. The van der Waals surface area contributed by atoms with Crippen LogP contribution in [0.25, 0.3) is 0 Å². The molecule has 0 saturated heterocycles. The number of nitrogens with zero attached hydrogens (tertiary/aromatic N) is 4. The van der Waals surface area contributed by atoms with Crippen molar-refractivity contribution < 1.29 is 9.72 Å². The molecule has 0 fully saturated rings. The summed E-state index contributed by atoms with van der Waals surface area (Å²) >= 11 is 0. The smallest absolute Gasteiger partial charge is 0.306 e. The highest BCUT2D eigenvalue weighted by Gasteiger charge is 2.24. The molecule has 0 aliphatic rings. The van der Waals surface area contributed by atoms with Crippen LogP contribution in [-0.4, -0.2) is 26.0 Å². The third-order valence-electron chi connectivity index (χ3n) is 2.33. The van der Waals surface area contributed by atoms with Gasteiger partial charge in [-0.1, -0.05) is 6.07 Å². The second-order valence-electron chi connectivity index (χ2n) is 3.52. The van der Waals surface area contributed by atoms with Gasteiger partial charge >= 0.3 is 5.69 Å². The molecular weight excluding hydrogens is 266 g/mol. The monoisotopic (exact) mass is 275 g/mol. The summed E-state index contributed by atoms with van der Waals surface area (Å²) in [6, 6.07) is 4.14. The average Bonchev–Trinajstić information content (AvgIpc) is 2.47. The molecule has 0 spiro atoms.